The fourth-order valence-corrected chi connectivity index (χ4v) is 7.03. The molecule has 7 rings (SSSR count). The molecule has 46 heavy (non-hydrogen) atoms. The molecular weight excluding hydrogens is 586 g/mol. The number of hydrogen-bond donors (Lipinski definition) is 1. The largest absolute Gasteiger partial charge is 0.349 e. The van der Waals surface area contributed by atoms with Crippen molar-refractivity contribution in [1.82, 2.24) is 24.8 Å². The van der Waals surface area contributed by atoms with Gasteiger partial charge in [0, 0.05) is 47.8 Å². The predicted octanol–water partition coefficient (Wildman–Crippen LogP) is 6.02. The number of anilines is 1. The fraction of sp³-hybridized carbons (Fsp3) is 0.444. The summed E-state index contributed by atoms with van der Waals surface area (Å²) in [5.74, 6) is -0.710. The van der Waals surface area contributed by atoms with Crippen LogP contribution in [0.4, 0.5) is 14.7 Å². The first-order valence-electron chi connectivity index (χ1n) is 16.6. The molecule has 3 aliphatic rings. The van der Waals surface area contributed by atoms with E-state index in [1.165, 1.54) is 25.0 Å². The first-order chi connectivity index (χ1) is 22.3. The van der Waals surface area contributed by atoms with E-state index in [2.05, 4.69) is 22.0 Å². The number of rotatable bonds is 6. The summed E-state index contributed by atoms with van der Waals surface area (Å²) in [7, 11) is 0. The standard InChI is InChI=1S/C36H40F2N6O2/c1-22-13-17-42(18-14-22)26-15-19-43(20-16-26)36-40-32(28-21-24(10-9-23(28)2)35(46)39-25-5-3-6-25)27-11-12-31(45)44(34(27)41-36)33-29(37)7-4-8-30(33)38/h4,7-12,21-22,25-26H,3,5-6,13-20H2,1-2H3,(H,39,46). The third kappa shape index (κ3) is 5.79. The number of para-hydroxylation sites is 1. The second-order valence-electron chi connectivity index (χ2n) is 13.3. The van der Waals surface area contributed by atoms with E-state index in [0.717, 1.165) is 86.5 Å². The van der Waals surface area contributed by atoms with Crippen LogP contribution in [0.25, 0.3) is 28.0 Å². The van der Waals surface area contributed by atoms with E-state index in [9.17, 15) is 9.59 Å². The number of aromatic nitrogens is 3. The SMILES string of the molecule is Cc1ccc(C(=O)NC2CCC2)cc1-c1nc(N2CCC(N3CCC(C)CC3)CC2)nc2c1ccc(=O)n2-c1c(F)cccc1F. The van der Waals surface area contributed by atoms with Crippen LogP contribution < -0.4 is 15.8 Å². The third-order valence-corrected chi connectivity index (χ3v) is 10.2. The molecule has 0 atom stereocenters. The van der Waals surface area contributed by atoms with Crippen LogP contribution in [-0.2, 0) is 0 Å². The van der Waals surface area contributed by atoms with E-state index in [1.54, 1.807) is 12.1 Å². The average molecular weight is 627 g/mol. The number of amides is 1. The molecule has 2 aromatic carbocycles. The van der Waals surface area contributed by atoms with Gasteiger partial charge < -0.3 is 15.1 Å². The average Bonchev–Trinajstić information content (AvgIpc) is 3.04. The number of likely N-dealkylation sites (tertiary alicyclic amines) is 1. The molecule has 2 aromatic heterocycles. The normalized spacial score (nSPS) is 18.6. The summed E-state index contributed by atoms with van der Waals surface area (Å²) in [5.41, 5.74) is 1.63. The number of halogens is 2. The van der Waals surface area contributed by atoms with Crippen molar-refractivity contribution in [2.24, 2.45) is 5.92 Å². The van der Waals surface area contributed by atoms with Crippen LogP contribution >= 0.6 is 0 Å². The molecule has 3 fully saturated rings. The number of piperidine rings is 2. The molecule has 240 valence electrons. The maximum atomic E-state index is 15.2. The van der Waals surface area contributed by atoms with Gasteiger partial charge in [0.05, 0.1) is 5.69 Å². The van der Waals surface area contributed by atoms with Crippen LogP contribution in [0.15, 0.2) is 53.3 Å². The van der Waals surface area contributed by atoms with E-state index in [-0.39, 0.29) is 17.6 Å². The van der Waals surface area contributed by atoms with Gasteiger partial charge in [0.2, 0.25) is 5.95 Å². The number of aryl methyl sites for hydroxylation is 1. The molecule has 4 aromatic rings. The Balaban J connectivity index is 1.34. The van der Waals surface area contributed by atoms with Crippen LogP contribution in [0.1, 0.15) is 67.8 Å². The molecule has 0 radical (unpaired) electrons. The van der Waals surface area contributed by atoms with Gasteiger partial charge in [-0.15, -0.1) is 0 Å². The lowest BCUT2D eigenvalue weighted by Gasteiger charge is -2.41. The number of hydrogen-bond acceptors (Lipinski definition) is 6. The minimum Gasteiger partial charge on any atom is -0.349 e. The van der Waals surface area contributed by atoms with Crippen LogP contribution in [-0.4, -0.2) is 63.6 Å². The summed E-state index contributed by atoms with van der Waals surface area (Å²) in [6.45, 7) is 7.93. The molecule has 1 N–H and O–H groups in total. The van der Waals surface area contributed by atoms with Crippen molar-refractivity contribution in [1.29, 1.82) is 0 Å². The fourth-order valence-electron chi connectivity index (χ4n) is 7.03. The van der Waals surface area contributed by atoms with Gasteiger partial charge in [-0.3, -0.25) is 14.2 Å². The lowest BCUT2D eigenvalue weighted by molar-refractivity contribution is 0.0917. The zero-order valence-electron chi connectivity index (χ0n) is 26.4. The predicted molar refractivity (Wildman–Crippen MR) is 176 cm³/mol. The summed E-state index contributed by atoms with van der Waals surface area (Å²) in [6.07, 6.45) is 7.40. The van der Waals surface area contributed by atoms with E-state index < -0.39 is 22.9 Å². The molecule has 8 nitrogen and oxygen atoms in total. The van der Waals surface area contributed by atoms with Crippen LogP contribution in [0, 0.1) is 24.5 Å². The monoisotopic (exact) mass is 626 g/mol. The molecule has 0 unspecified atom stereocenters. The topological polar surface area (TPSA) is 83.4 Å². The molecule has 1 saturated carbocycles. The van der Waals surface area contributed by atoms with E-state index in [0.29, 0.717) is 34.2 Å². The number of nitrogens with zero attached hydrogens (tertiary/aromatic N) is 5. The molecule has 4 heterocycles. The number of benzene rings is 2. The highest BCUT2D eigenvalue weighted by Gasteiger charge is 2.30. The number of nitrogens with one attached hydrogen (secondary N) is 1. The first kappa shape index (κ1) is 30.5. The summed E-state index contributed by atoms with van der Waals surface area (Å²) in [5, 5.41) is 3.56. The van der Waals surface area contributed by atoms with Gasteiger partial charge in [0.15, 0.2) is 5.65 Å². The summed E-state index contributed by atoms with van der Waals surface area (Å²) < 4.78 is 31.4. The lowest BCUT2D eigenvalue weighted by atomic mass is 9.92. The highest BCUT2D eigenvalue weighted by atomic mass is 19.1. The van der Waals surface area contributed by atoms with Crippen LogP contribution in [0.3, 0.4) is 0 Å². The van der Waals surface area contributed by atoms with Gasteiger partial charge in [-0.2, -0.15) is 4.98 Å². The summed E-state index contributed by atoms with van der Waals surface area (Å²) in [4.78, 5) is 41.2. The maximum Gasteiger partial charge on any atom is 0.256 e. The Morgan fingerprint density at radius 3 is 2.28 bits per heavy atom. The molecule has 10 heteroatoms. The smallest absolute Gasteiger partial charge is 0.256 e. The van der Waals surface area contributed by atoms with Gasteiger partial charge in [-0.1, -0.05) is 19.1 Å². The summed E-state index contributed by atoms with van der Waals surface area (Å²) >= 11 is 0. The molecule has 1 aliphatic carbocycles. The third-order valence-electron chi connectivity index (χ3n) is 10.2. The maximum absolute atomic E-state index is 15.2. The molecule has 2 aliphatic heterocycles. The molecule has 2 saturated heterocycles. The molecule has 0 bridgehead atoms. The number of carbonyl (C=O) groups excluding carboxylic acids is 1. The van der Waals surface area contributed by atoms with Crippen LogP contribution in [0.5, 0.6) is 0 Å². The van der Waals surface area contributed by atoms with Crippen molar-refractivity contribution in [3.63, 3.8) is 0 Å². The highest BCUT2D eigenvalue weighted by Crippen LogP contribution is 2.34. The van der Waals surface area contributed by atoms with E-state index in [1.807, 2.05) is 19.1 Å². The zero-order chi connectivity index (χ0) is 31.9. The Labute approximate surface area is 267 Å². The Kier molecular flexibility index (Phi) is 8.31. The van der Waals surface area contributed by atoms with Crippen molar-refractivity contribution in [2.75, 3.05) is 31.1 Å². The van der Waals surface area contributed by atoms with Gasteiger partial charge in [0.25, 0.3) is 11.5 Å². The van der Waals surface area contributed by atoms with E-state index in [4.69, 9.17) is 9.97 Å². The first-order valence-corrected chi connectivity index (χ1v) is 16.6. The zero-order valence-corrected chi connectivity index (χ0v) is 26.4. The highest BCUT2D eigenvalue weighted by molar-refractivity contribution is 5.98. The second kappa shape index (κ2) is 12.5. The van der Waals surface area contributed by atoms with Crippen molar-refractivity contribution in [2.45, 2.75) is 70.9 Å². The van der Waals surface area contributed by atoms with E-state index >= 15 is 8.78 Å². The number of carbonyl (C=O) groups is 1. The van der Waals surface area contributed by atoms with Gasteiger partial charge >= 0.3 is 0 Å². The van der Waals surface area contributed by atoms with Gasteiger partial charge in [-0.25, -0.2) is 13.8 Å². The molecule has 0 spiro atoms. The van der Waals surface area contributed by atoms with Crippen molar-refractivity contribution < 1.29 is 13.6 Å². The number of pyridine rings is 1. The van der Waals surface area contributed by atoms with Gasteiger partial charge in [-0.05, 0) is 107 Å². The molecule has 1 amide bonds. The second-order valence-corrected chi connectivity index (χ2v) is 13.3. The summed E-state index contributed by atoms with van der Waals surface area (Å²) in [6, 6.07) is 12.6. The number of fused-ring (bicyclic) bond motifs is 1. The minimum atomic E-state index is -0.862. The molecular formula is C36H40F2N6O2. The van der Waals surface area contributed by atoms with Crippen molar-refractivity contribution in [3.8, 4) is 16.9 Å². The van der Waals surface area contributed by atoms with Crippen molar-refractivity contribution >= 4 is 22.9 Å². The van der Waals surface area contributed by atoms with Crippen molar-refractivity contribution in [3.05, 3.63) is 81.6 Å². The Bertz CT molecular complexity index is 1820. The Morgan fingerprint density at radius 1 is 0.891 bits per heavy atom. The lowest BCUT2D eigenvalue weighted by Crippen LogP contribution is -2.48. The van der Waals surface area contributed by atoms with Crippen LogP contribution in [0.2, 0.25) is 0 Å². The Hall–Kier alpha value is -4.18. The van der Waals surface area contributed by atoms with Gasteiger partial charge in [0.1, 0.15) is 17.3 Å². The Morgan fingerprint density at radius 2 is 1.61 bits per heavy atom. The minimum absolute atomic E-state index is 0.118. The quantitative estimate of drug-likeness (QED) is 0.282.